The van der Waals surface area contributed by atoms with Gasteiger partial charge in [-0.05, 0) is 0 Å². The predicted molar refractivity (Wildman–Crippen MR) is 57.2 cm³/mol. The van der Waals surface area contributed by atoms with E-state index in [-0.39, 0.29) is 21.3 Å². The first kappa shape index (κ1) is 13.0. The molecule has 0 radical (unpaired) electrons. The summed E-state index contributed by atoms with van der Waals surface area (Å²) in [6.07, 6.45) is 0. The van der Waals surface area contributed by atoms with Gasteiger partial charge in [-0.2, -0.15) is 0 Å². The van der Waals surface area contributed by atoms with Crippen molar-refractivity contribution in [3.63, 3.8) is 0 Å². The number of alkyl halides is 1. The third kappa shape index (κ3) is 1.92. The molecule has 1 atom stereocenters. The van der Waals surface area contributed by atoms with Crippen LogP contribution < -0.4 is 8.77 Å². The molecule has 89 valence electrons. The first-order chi connectivity index (χ1) is 7.90. The van der Waals surface area contributed by atoms with Crippen molar-refractivity contribution in [2.24, 2.45) is 5.41 Å². The van der Waals surface area contributed by atoms with Crippen LogP contribution >= 0.6 is 11.6 Å². The first-order valence-corrected chi connectivity index (χ1v) is 6.30. The Balaban J connectivity index is 2.33. The predicted octanol–water partition coefficient (Wildman–Crippen LogP) is 1.73. The Bertz CT molecular complexity index is 497. The Morgan fingerprint density at radius 1 is 1.53 bits per heavy atom. The summed E-state index contributed by atoms with van der Waals surface area (Å²) in [4.78, 5) is 13.1. The number of halogens is 3. The van der Waals surface area contributed by atoms with E-state index in [0.29, 0.717) is 6.54 Å². The fraction of sp³-hybridized carbons (Fsp3) is 0.364. The minimum absolute atomic E-state index is 0.0743. The average Bonchev–Trinajstić information content (AvgIpc) is 2.33. The summed E-state index contributed by atoms with van der Waals surface area (Å²) in [5.74, 6) is -1.32. The van der Waals surface area contributed by atoms with E-state index in [1.165, 1.54) is 31.4 Å². The van der Waals surface area contributed by atoms with Gasteiger partial charge in [0.05, 0.1) is 0 Å². The van der Waals surface area contributed by atoms with Crippen molar-refractivity contribution < 1.29 is 34.0 Å². The van der Waals surface area contributed by atoms with Gasteiger partial charge in [-0.3, -0.25) is 0 Å². The normalized spacial score (nSPS) is 23.7. The molecule has 1 heterocycles. The second-order valence-corrected chi connectivity index (χ2v) is 5.39. The summed E-state index contributed by atoms with van der Waals surface area (Å²) in [5.41, 5.74) is -0.507. The molecule has 1 fully saturated rings. The van der Waals surface area contributed by atoms with Crippen LogP contribution in [0, 0.1) is 17.0 Å². The number of benzene rings is 1. The molecule has 1 saturated heterocycles. The fourth-order valence-corrected chi connectivity index (χ4v) is 2.30. The van der Waals surface area contributed by atoms with Crippen LogP contribution in [0.25, 0.3) is 0 Å². The monoisotopic (exact) mass is 292 g/mol. The zero-order valence-corrected chi connectivity index (χ0v) is 11.4. The second-order valence-electron chi connectivity index (χ2n) is 4.34. The molecule has 0 N–H and O–H groups in total. The number of hydrogen-bond acceptors (Lipinski definition) is 1. The standard InChI is InChI=1S/C11H9ClF2NO.Ti/c1-11(5-12)6-15(10(11)16)9-3-2-7(13)4-8(9)14;/h2-3H,5-6H2,1H3;. The van der Waals surface area contributed by atoms with Gasteiger partial charge in [0.2, 0.25) is 0 Å². The molecule has 1 amide bonds. The zero-order valence-electron chi connectivity index (χ0n) is 9.06. The van der Waals surface area contributed by atoms with Crippen molar-refractivity contribution in [3.05, 3.63) is 23.8 Å². The van der Waals surface area contributed by atoms with Crippen LogP contribution in [0.15, 0.2) is 12.1 Å². The molecule has 1 aliphatic heterocycles. The van der Waals surface area contributed by atoms with E-state index < -0.39 is 17.0 Å². The van der Waals surface area contributed by atoms with Crippen LogP contribution in [0.4, 0.5) is 14.5 Å². The summed E-state index contributed by atoms with van der Waals surface area (Å²) in [6.45, 7) is 2.09. The minimum atomic E-state index is -0.685. The van der Waals surface area contributed by atoms with Gasteiger partial charge in [0.1, 0.15) is 0 Å². The van der Waals surface area contributed by atoms with E-state index in [4.69, 9.17) is 11.6 Å². The molecule has 6 heteroatoms. The van der Waals surface area contributed by atoms with E-state index in [1.807, 2.05) is 0 Å². The van der Waals surface area contributed by atoms with Crippen LogP contribution in [0.5, 0.6) is 0 Å². The van der Waals surface area contributed by atoms with Gasteiger partial charge >= 0.3 is 115 Å². The third-order valence-electron chi connectivity index (χ3n) is 2.93. The molecule has 1 aromatic rings. The quantitative estimate of drug-likeness (QED) is 0.462. The van der Waals surface area contributed by atoms with Crippen molar-refractivity contribution in [2.75, 3.05) is 17.3 Å². The maximum atomic E-state index is 13.8. The van der Waals surface area contributed by atoms with Gasteiger partial charge in [-0.25, -0.2) is 0 Å². The molecule has 1 aliphatic rings. The van der Waals surface area contributed by atoms with Crippen LogP contribution in [0.3, 0.4) is 0 Å². The van der Waals surface area contributed by atoms with Gasteiger partial charge in [-0.1, -0.05) is 0 Å². The summed E-state index contributed by atoms with van der Waals surface area (Å²) < 4.78 is 26.8. The second kappa shape index (κ2) is 4.34. The Labute approximate surface area is 114 Å². The number of nitrogens with zero attached hydrogens (tertiary/aromatic N) is 1. The average molecular weight is 293 g/mol. The van der Waals surface area contributed by atoms with Crippen molar-refractivity contribution in [1.82, 2.24) is 0 Å². The van der Waals surface area contributed by atoms with Crippen LogP contribution in [-0.4, -0.2) is 18.3 Å². The van der Waals surface area contributed by atoms with E-state index in [2.05, 4.69) is 0 Å². The summed E-state index contributed by atoms with van der Waals surface area (Å²) in [7, 11) is 0. The molecular formula is C11H9ClF2NOTi. The van der Waals surface area contributed by atoms with Crippen LogP contribution in [0.1, 0.15) is 6.92 Å². The van der Waals surface area contributed by atoms with E-state index in [1.54, 1.807) is 6.92 Å². The van der Waals surface area contributed by atoms with Gasteiger partial charge in [0.15, 0.2) is 0 Å². The van der Waals surface area contributed by atoms with Crippen LogP contribution in [-0.2, 0) is 25.2 Å². The zero-order chi connectivity index (χ0) is 12.8. The van der Waals surface area contributed by atoms with Crippen molar-refractivity contribution in [3.8, 4) is 0 Å². The molecule has 0 aliphatic carbocycles. The fourth-order valence-electron chi connectivity index (χ4n) is 1.77. The van der Waals surface area contributed by atoms with Crippen molar-refractivity contribution in [2.45, 2.75) is 6.92 Å². The van der Waals surface area contributed by atoms with Gasteiger partial charge < -0.3 is 0 Å². The topological polar surface area (TPSA) is 20.3 Å². The van der Waals surface area contributed by atoms with Gasteiger partial charge in [-0.15, -0.1) is 0 Å². The van der Waals surface area contributed by atoms with Crippen molar-refractivity contribution in [1.29, 1.82) is 0 Å². The summed E-state index contributed by atoms with van der Waals surface area (Å²) >= 11 is 7.03. The number of rotatable bonds is 2. The number of carbonyl (C=O) groups excluding carboxylic acids is 1. The van der Waals surface area contributed by atoms with Crippen molar-refractivity contribution >= 4 is 27.1 Å². The molecule has 0 bridgehead atoms. The Hall–Kier alpha value is -0.446. The first-order valence-electron chi connectivity index (χ1n) is 4.98. The Morgan fingerprint density at radius 3 is 2.71 bits per heavy atom. The number of carbonyl (C=O) groups is 1. The van der Waals surface area contributed by atoms with Crippen LogP contribution in [0.2, 0.25) is 0 Å². The summed E-state index contributed by atoms with van der Waals surface area (Å²) in [5, 5.41) is 0. The molecule has 0 spiro atoms. The molecule has 17 heavy (non-hydrogen) atoms. The molecule has 1 unspecified atom stereocenters. The summed E-state index contributed by atoms with van der Waals surface area (Å²) in [6, 6.07) is 2.45. The molecule has 2 nitrogen and oxygen atoms in total. The number of amides is 1. The molecule has 2 rings (SSSR count). The van der Waals surface area contributed by atoms with E-state index in [0.717, 1.165) is 6.07 Å². The molecular weight excluding hydrogens is 283 g/mol. The third-order valence-corrected chi connectivity index (χ3v) is 4.23. The van der Waals surface area contributed by atoms with E-state index in [9.17, 15) is 13.6 Å². The maximum absolute atomic E-state index is 13.8. The number of β-lactam (4-membered cyclic amide) rings is 1. The number of hydrogen-bond donors (Lipinski definition) is 0. The Kier molecular flexibility index (Phi) is 3.32. The SMILES string of the molecule is CC1(CCl)CN(c2ccc(F)[c]([Ti])c2F)C1=O. The molecule has 0 saturated carbocycles. The van der Waals surface area contributed by atoms with E-state index >= 15 is 0 Å². The number of anilines is 1. The molecule has 0 aromatic heterocycles. The van der Waals surface area contributed by atoms with Gasteiger partial charge in [0, 0.05) is 0 Å². The van der Waals surface area contributed by atoms with Gasteiger partial charge in [0.25, 0.3) is 0 Å². The Morgan fingerprint density at radius 2 is 2.18 bits per heavy atom. The molecule has 1 aromatic carbocycles.